The van der Waals surface area contributed by atoms with Crippen LogP contribution in [0, 0.1) is 28.0 Å². The molecule has 0 bridgehead atoms. The maximum absolute atomic E-state index is 13.5. The first kappa shape index (κ1) is 23.3. The zero-order valence-corrected chi connectivity index (χ0v) is 20.3. The zero-order valence-electron chi connectivity index (χ0n) is 19.5. The Morgan fingerprint density at radius 3 is 2.67 bits per heavy atom. The maximum atomic E-state index is 13.5. The fraction of sp³-hybridized carbons (Fsp3) is 0.154. The van der Waals surface area contributed by atoms with E-state index in [0.717, 1.165) is 16.1 Å². The summed E-state index contributed by atoms with van der Waals surface area (Å²) < 4.78 is 17.8. The summed E-state index contributed by atoms with van der Waals surface area (Å²) in [5.41, 5.74) is 3.23. The second kappa shape index (κ2) is 9.28. The fourth-order valence-corrected chi connectivity index (χ4v) is 5.10. The average Bonchev–Trinajstić information content (AvgIpc) is 3.38. The maximum Gasteiger partial charge on any atom is 0.164 e. The van der Waals surface area contributed by atoms with Gasteiger partial charge in [0.05, 0.1) is 40.5 Å². The minimum atomic E-state index is -0.410. The molecule has 0 saturated heterocycles. The third-order valence-corrected chi connectivity index (χ3v) is 6.83. The molecule has 2 N–H and O–H groups in total. The van der Waals surface area contributed by atoms with Crippen LogP contribution >= 0.6 is 11.5 Å². The highest BCUT2D eigenvalue weighted by atomic mass is 32.1. The van der Waals surface area contributed by atoms with Crippen molar-refractivity contribution in [2.45, 2.75) is 26.3 Å². The molecule has 1 aliphatic heterocycles. The van der Waals surface area contributed by atoms with Gasteiger partial charge in [0.2, 0.25) is 0 Å². The molecule has 0 radical (unpaired) electrons. The van der Waals surface area contributed by atoms with Crippen LogP contribution in [0.25, 0.3) is 21.8 Å². The number of halogens is 1. The smallest absolute Gasteiger partial charge is 0.164 e. The molecule has 0 aliphatic carbocycles. The van der Waals surface area contributed by atoms with Crippen LogP contribution in [-0.2, 0) is 0 Å². The molecule has 1 atom stereocenters. The third kappa shape index (κ3) is 3.89. The van der Waals surface area contributed by atoms with Crippen molar-refractivity contribution in [3.8, 4) is 27.9 Å². The van der Waals surface area contributed by atoms with Crippen molar-refractivity contribution in [1.82, 2.24) is 14.3 Å². The number of amidine groups is 2. The molecule has 8 nitrogen and oxygen atoms in total. The molecule has 4 aromatic rings. The van der Waals surface area contributed by atoms with Crippen LogP contribution in [0.4, 0.5) is 21.6 Å². The highest BCUT2D eigenvalue weighted by Crippen LogP contribution is 2.42. The van der Waals surface area contributed by atoms with Gasteiger partial charge in [0.15, 0.2) is 11.6 Å². The van der Waals surface area contributed by atoms with E-state index in [9.17, 15) is 9.65 Å². The van der Waals surface area contributed by atoms with Crippen LogP contribution in [0.1, 0.15) is 25.8 Å². The number of hydrogen-bond donors (Lipinski definition) is 2. The second-order valence-corrected chi connectivity index (χ2v) is 9.04. The van der Waals surface area contributed by atoms with Crippen LogP contribution in [0.5, 0.6) is 0 Å². The number of fused-ring (bicyclic) bond motifs is 1. The lowest BCUT2D eigenvalue weighted by Crippen LogP contribution is -2.53. The van der Waals surface area contributed by atoms with Crippen molar-refractivity contribution in [3.05, 3.63) is 72.3 Å². The van der Waals surface area contributed by atoms with Crippen molar-refractivity contribution in [2.24, 2.45) is 0 Å². The molecule has 2 aromatic carbocycles. The summed E-state index contributed by atoms with van der Waals surface area (Å²) in [7, 11) is 0. The molecule has 178 valence electrons. The summed E-state index contributed by atoms with van der Waals surface area (Å²) in [5, 5.41) is 26.7. The molecule has 3 heterocycles. The Morgan fingerprint density at radius 2 is 1.97 bits per heavy atom. The van der Waals surface area contributed by atoms with Crippen LogP contribution in [0.2, 0.25) is 0 Å². The number of anilines is 3. The third-order valence-electron chi connectivity index (χ3n) is 5.98. The van der Waals surface area contributed by atoms with Crippen molar-refractivity contribution >= 4 is 40.4 Å². The number of aromatic nitrogens is 3. The van der Waals surface area contributed by atoms with Crippen molar-refractivity contribution in [1.29, 1.82) is 16.1 Å². The normalized spacial score (nSPS) is 14.9. The van der Waals surface area contributed by atoms with Gasteiger partial charge in [-0.15, -0.1) is 0 Å². The van der Waals surface area contributed by atoms with Crippen LogP contribution in [0.15, 0.2) is 60.9 Å². The molecular formula is C26H21FN8S. The SMILES string of the molecule is CC[C@H]1C(=N)N(C(C)=N)c2cnc(-c3cnsc3-c3ccc(F)cc3)nc2N1c1cccc(C#N)c1. The highest BCUT2D eigenvalue weighted by molar-refractivity contribution is 7.10. The molecule has 0 unspecified atom stereocenters. The molecule has 0 saturated carbocycles. The first-order valence-corrected chi connectivity index (χ1v) is 12.0. The minimum absolute atomic E-state index is 0.186. The number of nitriles is 1. The topological polar surface area (TPSA) is 117 Å². The van der Waals surface area contributed by atoms with E-state index in [4.69, 9.17) is 15.8 Å². The molecule has 0 amide bonds. The van der Waals surface area contributed by atoms with E-state index in [1.165, 1.54) is 23.7 Å². The van der Waals surface area contributed by atoms with E-state index in [1.54, 1.807) is 54.5 Å². The molecule has 1 aliphatic rings. The van der Waals surface area contributed by atoms with Gasteiger partial charge < -0.3 is 4.90 Å². The Kier molecular flexibility index (Phi) is 6.00. The van der Waals surface area contributed by atoms with Gasteiger partial charge >= 0.3 is 0 Å². The Hall–Kier alpha value is -4.49. The average molecular weight is 497 g/mol. The predicted octanol–water partition coefficient (Wildman–Crippen LogP) is 5.99. The Labute approximate surface area is 211 Å². The summed E-state index contributed by atoms with van der Waals surface area (Å²) in [6.07, 6.45) is 3.88. The fourth-order valence-electron chi connectivity index (χ4n) is 4.35. The lowest BCUT2D eigenvalue weighted by Gasteiger charge is -2.43. The lowest BCUT2D eigenvalue weighted by molar-refractivity contribution is 0.628. The van der Waals surface area contributed by atoms with Gasteiger partial charge in [-0.1, -0.05) is 25.1 Å². The van der Waals surface area contributed by atoms with Crippen molar-refractivity contribution in [3.63, 3.8) is 0 Å². The summed E-state index contributed by atoms with van der Waals surface area (Å²) in [4.78, 5) is 13.8. The first-order valence-electron chi connectivity index (χ1n) is 11.2. The number of rotatable bonds is 4. The first-order chi connectivity index (χ1) is 17.4. The summed E-state index contributed by atoms with van der Waals surface area (Å²) in [6.45, 7) is 3.60. The van der Waals surface area contributed by atoms with Gasteiger partial charge in [-0.3, -0.25) is 15.7 Å². The number of benzene rings is 2. The van der Waals surface area contributed by atoms with Gasteiger partial charge in [-0.05, 0) is 60.8 Å². The number of hydrogen-bond acceptors (Lipinski definition) is 8. The van der Waals surface area contributed by atoms with Crippen LogP contribution in [0.3, 0.4) is 0 Å². The summed E-state index contributed by atoms with van der Waals surface area (Å²) in [6, 6.07) is 15.1. The molecule has 0 spiro atoms. The largest absolute Gasteiger partial charge is 0.314 e. The van der Waals surface area contributed by atoms with E-state index in [2.05, 4.69) is 15.4 Å². The molecule has 0 fully saturated rings. The van der Waals surface area contributed by atoms with Crippen LogP contribution in [-0.4, -0.2) is 32.1 Å². The Morgan fingerprint density at radius 1 is 1.19 bits per heavy atom. The quantitative estimate of drug-likeness (QED) is 0.265. The number of nitrogens with zero attached hydrogens (tertiary/aromatic N) is 6. The van der Waals surface area contributed by atoms with Crippen LogP contribution < -0.4 is 9.80 Å². The summed E-state index contributed by atoms with van der Waals surface area (Å²) in [5.74, 6) is 1.06. The van der Waals surface area contributed by atoms with E-state index < -0.39 is 6.04 Å². The van der Waals surface area contributed by atoms with Gasteiger partial charge in [0.25, 0.3) is 0 Å². The molecular weight excluding hydrogens is 475 g/mol. The Balaban J connectivity index is 1.72. The van der Waals surface area contributed by atoms with E-state index >= 15 is 0 Å². The predicted molar refractivity (Wildman–Crippen MR) is 140 cm³/mol. The molecule has 36 heavy (non-hydrogen) atoms. The standard InChI is InChI=1S/C26H21FN8S/c1-3-21-24(30)34(15(2)29)22-14-31-25(20-13-32-36-23(20)17-7-9-18(27)10-8-17)33-26(22)35(21)19-6-4-5-16(11-19)12-28/h4-11,13-14,21,29-30H,3H2,1-2H3/t21-/m0/s1. The summed E-state index contributed by atoms with van der Waals surface area (Å²) >= 11 is 1.27. The van der Waals surface area contributed by atoms with Gasteiger partial charge in [-0.25, -0.2) is 14.4 Å². The van der Waals surface area contributed by atoms with Gasteiger partial charge in [-0.2, -0.15) is 9.64 Å². The molecule has 2 aromatic heterocycles. The van der Waals surface area contributed by atoms with Gasteiger partial charge in [0.1, 0.15) is 23.2 Å². The van der Waals surface area contributed by atoms with E-state index in [1.807, 2.05) is 17.9 Å². The van der Waals surface area contributed by atoms with Crippen molar-refractivity contribution < 1.29 is 4.39 Å². The molecule has 10 heteroatoms. The monoisotopic (exact) mass is 496 g/mol. The van der Waals surface area contributed by atoms with E-state index in [-0.39, 0.29) is 17.5 Å². The second-order valence-electron chi connectivity index (χ2n) is 8.24. The minimum Gasteiger partial charge on any atom is -0.314 e. The highest BCUT2D eigenvalue weighted by Gasteiger charge is 2.38. The Bertz CT molecular complexity index is 1520. The lowest BCUT2D eigenvalue weighted by atomic mass is 10.0. The van der Waals surface area contributed by atoms with Crippen molar-refractivity contribution in [2.75, 3.05) is 9.80 Å². The van der Waals surface area contributed by atoms with E-state index in [0.29, 0.717) is 34.9 Å². The molecule has 5 rings (SSSR count). The zero-order chi connectivity index (χ0) is 25.4. The number of nitrogens with one attached hydrogen (secondary N) is 2. The van der Waals surface area contributed by atoms with Gasteiger partial charge in [0, 0.05) is 5.69 Å².